The summed E-state index contributed by atoms with van der Waals surface area (Å²) in [7, 11) is -3.22. The molecule has 0 heterocycles. The molecule has 0 bridgehead atoms. The summed E-state index contributed by atoms with van der Waals surface area (Å²) < 4.78 is 37.8. The van der Waals surface area contributed by atoms with E-state index in [0.29, 0.717) is 6.61 Å². The lowest BCUT2D eigenvalue weighted by Gasteiger charge is -1.95. The lowest BCUT2D eigenvalue weighted by Crippen LogP contribution is -2.11. The van der Waals surface area contributed by atoms with Crippen LogP contribution in [0, 0.1) is 5.39 Å². The molecule has 0 saturated heterocycles. The van der Waals surface area contributed by atoms with E-state index in [1.165, 1.54) is 5.56 Å². The highest BCUT2D eigenvalue weighted by atomic mass is 32.3. The van der Waals surface area contributed by atoms with Crippen LogP contribution < -0.4 is 5.39 Å². The molecule has 2 N–H and O–H groups in total. The number of hydrogen-bond donors (Lipinski definition) is 2. The summed E-state index contributed by atoms with van der Waals surface area (Å²) >= 11 is 0. The molecule has 0 aromatic heterocycles. The summed E-state index contributed by atoms with van der Waals surface area (Å²) in [5.74, 6) is 0. The van der Waals surface area contributed by atoms with Crippen molar-refractivity contribution in [2.75, 3.05) is 7.11 Å². The van der Waals surface area contributed by atoms with Crippen molar-refractivity contribution in [3.05, 3.63) is 35.9 Å². The number of diazo groups is 1. The molecule has 16 heavy (non-hydrogen) atoms. The molecule has 0 saturated carbocycles. The zero-order valence-corrected chi connectivity index (χ0v) is 9.35. The number of ether oxygens (including phenoxy) is 1. The van der Waals surface area contributed by atoms with Gasteiger partial charge in [-0.2, -0.15) is 0 Å². The van der Waals surface area contributed by atoms with Crippen molar-refractivity contribution in [1.29, 1.82) is 5.39 Å². The fourth-order valence-corrected chi connectivity index (χ4v) is 0.741. The summed E-state index contributed by atoms with van der Waals surface area (Å²) in [5.41, 5.74) is 1.22. The molecule has 90 valence electrons. The zero-order valence-electron chi connectivity index (χ0n) is 8.53. The van der Waals surface area contributed by atoms with Crippen molar-refractivity contribution in [2.45, 2.75) is 6.61 Å². The first-order chi connectivity index (χ1) is 7.43. The zero-order chi connectivity index (χ0) is 13.0. The van der Waals surface area contributed by atoms with E-state index in [1.54, 1.807) is 7.11 Å². The molecule has 1 aromatic rings. The van der Waals surface area contributed by atoms with Gasteiger partial charge >= 0.3 is 0 Å². The van der Waals surface area contributed by atoms with E-state index in [2.05, 4.69) is 0 Å². The van der Waals surface area contributed by atoms with Crippen molar-refractivity contribution in [3.8, 4) is 0 Å². The molecule has 0 atom stereocenters. The maximum Gasteiger partial charge on any atom is 0.215 e. The van der Waals surface area contributed by atoms with E-state index in [-0.39, 0.29) is 0 Å². The van der Waals surface area contributed by atoms with Crippen molar-refractivity contribution in [1.82, 2.24) is 0 Å². The Hall–Kier alpha value is -1.53. The van der Waals surface area contributed by atoms with Gasteiger partial charge in [0.15, 0.2) is 0 Å². The maximum absolute atomic E-state index is 8.63. The van der Waals surface area contributed by atoms with Gasteiger partial charge in [-0.3, -0.25) is 4.55 Å². The van der Waals surface area contributed by atoms with Crippen molar-refractivity contribution < 1.29 is 27.7 Å². The largest absolute Gasteiger partial charge is 0.726 e. The Labute approximate surface area is 93.7 Å². The summed E-state index contributed by atoms with van der Waals surface area (Å²) in [4.78, 5) is 0. The highest BCUT2D eigenvalue weighted by molar-refractivity contribution is 7.79. The third kappa shape index (κ3) is 18.3. The van der Waals surface area contributed by atoms with Crippen LogP contribution in [0.5, 0.6) is 0 Å². The van der Waals surface area contributed by atoms with Gasteiger partial charge in [-0.15, -0.1) is 0 Å². The summed E-state index contributed by atoms with van der Waals surface area (Å²) in [6.07, 6.45) is 0. The van der Waals surface area contributed by atoms with Crippen molar-refractivity contribution >= 4 is 10.4 Å². The summed E-state index contributed by atoms with van der Waals surface area (Å²) in [6, 6.07) is 10.1. The van der Waals surface area contributed by atoms with Crippen LogP contribution in [-0.4, -0.2) is 24.6 Å². The topological polar surface area (TPSA) is 134 Å². The van der Waals surface area contributed by atoms with Crippen molar-refractivity contribution in [2.24, 2.45) is 0 Å². The molecular formula is C8H12N2O5S. The second-order valence-corrected chi connectivity index (χ2v) is 3.20. The molecule has 0 amide bonds. The van der Waals surface area contributed by atoms with E-state index in [9.17, 15) is 0 Å². The molecule has 1 aromatic carbocycles. The van der Waals surface area contributed by atoms with Crippen LogP contribution in [0.25, 0.3) is 0 Å². The number of rotatable bonds is 2. The Balaban J connectivity index is 0. The van der Waals surface area contributed by atoms with E-state index in [1.807, 2.05) is 30.3 Å². The average molecular weight is 248 g/mol. The number of methoxy groups -OCH3 is 1. The molecule has 7 nitrogen and oxygen atoms in total. The monoisotopic (exact) mass is 248 g/mol. The summed E-state index contributed by atoms with van der Waals surface area (Å²) in [5, 5.41) is 11.0. The molecular weight excluding hydrogens is 236 g/mol. The second kappa shape index (κ2) is 10.0. The minimum Gasteiger partial charge on any atom is -0.726 e. The molecule has 0 aliphatic heterocycles. The normalized spacial score (nSPS) is 9.06. The van der Waals surface area contributed by atoms with E-state index < -0.39 is 10.4 Å². The van der Waals surface area contributed by atoms with Gasteiger partial charge in [-0.05, 0) is 5.56 Å². The van der Waals surface area contributed by atoms with Gasteiger partial charge in [0.1, 0.15) is 0 Å². The molecule has 0 aliphatic rings. The Morgan fingerprint density at radius 1 is 1.38 bits per heavy atom. The van der Waals surface area contributed by atoms with Crippen LogP contribution in [0.1, 0.15) is 5.56 Å². The van der Waals surface area contributed by atoms with Crippen LogP contribution in [0.4, 0.5) is 0 Å². The van der Waals surface area contributed by atoms with Gasteiger partial charge in [-0.1, -0.05) is 30.3 Å². The van der Waals surface area contributed by atoms with Crippen LogP contribution in [0.3, 0.4) is 0 Å². The van der Waals surface area contributed by atoms with Gasteiger partial charge < -0.3 is 9.29 Å². The first-order valence-corrected chi connectivity index (χ1v) is 5.23. The molecule has 0 spiro atoms. The SMILES string of the molecule is COCc1ccccc1.N#[NH+].O=S(=O)([O-])O. The lowest BCUT2D eigenvalue weighted by molar-refractivity contribution is -0.175. The average Bonchev–Trinajstić information content (AvgIpc) is 2.20. The Morgan fingerprint density at radius 2 is 1.75 bits per heavy atom. The molecule has 0 unspecified atom stereocenters. The predicted molar refractivity (Wildman–Crippen MR) is 52.2 cm³/mol. The quantitative estimate of drug-likeness (QED) is 0.396. The maximum atomic E-state index is 8.63. The Morgan fingerprint density at radius 3 is 2.06 bits per heavy atom. The number of nitrogens with one attached hydrogen (secondary N) is 1. The summed E-state index contributed by atoms with van der Waals surface area (Å²) in [6.45, 7) is 0.709. The second-order valence-electron chi connectivity index (χ2n) is 2.35. The van der Waals surface area contributed by atoms with E-state index >= 15 is 0 Å². The smallest absolute Gasteiger partial charge is 0.215 e. The van der Waals surface area contributed by atoms with E-state index in [0.717, 1.165) is 0 Å². The molecule has 1 rings (SSSR count). The molecule has 0 radical (unpaired) electrons. The third-order valence-electron chi connectivity index (χ3n) is 1.15. The third-order valence-corrected chi connectivity index (χ3v) is 1.15. The highest BCUT2D eigenvalue weighted by Crippen LogP contribution is 1.98. The number of benzene rings is 1. The standard InChI is InChI=1S/C8H10O.N2.H2O4S/c1-9-7-8-5-3-2-4-6-8;1-2;1-5(2,3)4/h2-6H,7H2,1H3;;(H2,1,2,3,4). The minimum atomic E-state index is -4.92. The first kappa shape index (κ1) is 16.9. The van der Waals surface area contributed by atoms with Gasteiger partial charge in [-0.25, -0.2) is 8.42 Å². The highest BCUT2D eigenvalue weighted by Gasteiger charge is 1.84. The van der Waals surface area contributed by atoms with Gasteiger partial charge in [0.05, 0.1) is 12.0 Å². The van der Waals surface area contributed by atoms with Gasteiger partial charge in [0, 0.05) is 7.11 Å². The van der Waals surface area contributed by atoms with Gasteiger partial charge in [0.2, 0.25) is 15.8 Å². The molecule has 0 aliphatic carbocycles. The van der Waals surface area contributed by atoms with E-state index in [4.69, 9.17) is 33.0 Å². The predicted octanol–water partition coefficient (Wildman–Crippen LogP) is -0.883. The molecule has 8 heteroatoms. The van der Waals surface area contributed by atoms with Crippen LogP contribution in [0.15, 0.2) is 30.3 Å². The molecule has 0 fully saturated rings. The van der Waals surface area contributed by atoms with Crippen LogP contribution in [-0.2, 0) is 21.7 Å². The van der Waals surface area contributed by atoms with Gasteiger partial charge in [0.25, 0.3) is 0 Å². The number of nitrogens with zero attached hydrogens (tertiary/aromatic N) is 1. The Kier molecular flexibility index (Phi) is 10.6. The fourth-order valence-electron chi connectivity index (χ4n) is 0.741. The van der Waals surface area contributed by atoms with Crippen LogP contribution >= 0.6 is 0 Å². The fraction of sp³-hybridized carbons (Fsp3) is 0.250. The van der Waals surface area contributed by atoms with Crippen LogP contribution in [0.2, 0.25) is 0 Å². The Bertz CT molecular complexity index is 368. The van der Waals surface area contributed by atoms with Crippen molar-refractivity contribution in [3.63, 3.8) is 0 Å². The first-order valence-electron chi connectivity index (χ1n) is 3.87. The lowest BCUT2D eigenvalue weighted by atomic mass is 10.2. The number of hydrogen-bond acceptors (Lipinski definition) is 5. The minimum absolute atomic E-state index is 0.709.